The Hall–Kier alpha value is -3.13. The summed E-state index contributed by atoms with van der Waals surface area (Å²) in [7, 11) is 3.24. The molecular formula is C28H40N2O6. The predicted octanol–water partition coefficient (Wildman–Crippen LogP) is 5.71. The number of ether oxygens (including phenoxy) is 5. The summed E-state index contributed by atoms with van der Waals surface area (Å²) < 4.78 is 29.2. The molecule has 0 spiro atoms. The molecule has 1 heterocycles. The molecule has 1 aliphatic rings. The molecule has 0 saturated heterocycles. The van der Waals surface area contributed by atoms with Crippen LogP contribution in [0.2, 0.25) is 0 Å². The van der Waals surface area contributed by atoms with Gasteiger partial charge in [0.2, 0.25) is 0 Å². The van der Waals surface area contributed by atoms with Crippen molar-refractivity contribution >= 4 is 17.5 Å². The lowest BCUT2D eigenvalue weighted by Crippen LogP contribution is -2.42. The number of nitrogens with zero attached hydrogens (tertiary/aromatic N) is 1. The second-order valence-electron chi connectivity index (χ2n) is 10.7. The molecule has 0 fully saturated rings. The minimum Gasteiger partial charge on any atom is -0.489 e. The summed E-state index contributed by atoms with van der Waals surface area (Å²) >= 11 is 0. The summed E-state index contributed by atoms with van der Waals surface area (Å²) in [5.41, 5.74) is 10.3. The van der Waals surface area contributed by atoms with Crippen molar-refractivity contribution in [3.8, 4) is 17.2 Å². The van der Waals surface area contributed by atoms with Gasteiger partial charge in [-0.2, -0.15) is 0 Å². The SMILES string of the molecule is COCOc1c(C)c(C)c2c(c1C)CCC(C)(COc1ccc(N)c(N(C)C(=O)OC(C)(C)C)c1)O2. The summed E-state index contributed by atoms with van der Waals surface area (Å²) in [6.07, 6.45) is 1.15. The Morgan fingerprint density at radius 2 is 1.83 bits per heavy atom. The maximum Gasteiger partial charge on any atom is 0.414 e. The normalized spacial score (nSPS) is 17.1. The van der Waals surface area contributed by atoms with Crippen LogP contribution in [0.4, 0.5) is 16.2 Å². The van der Waals surface area contributed by atoms with Crippen molar-refractivity contribution in [2.45, 2.75) is 72.5 Å². The largest absolute Gasteiger partial charge is 0.489 e. The Bertz CT molecular complexity index is 1120. The fraction of sp³-hybridized carbons (Fsp3) is 0.536. The van der Waals surface area contributed by atoms with E-state index in [1.54, 1.807) is 32.4 Å². The van der Waals surface area contributed by atoms with Crippen molar-refractivity contribution in [2.75, 3.05) is 38.2 Å². The van der Waals surface area contributed by atoms with Crippen molar-refractivity contribution in [3.63, 3.8) is 0 Å². The van der Waals surface area contributed by atoms with Crippen LogP contribution >= 0.6 is 0 Å². The first-order chi connectivity index (χ1) is 16.8. The monoisotopic (exact) mass is 500 g/mol. The number of carbonyl (C=O) groups excluding carboxylic acids is 1. The van der Waals surface area contributed by atoms with E-state index in [-0.39, 0.29) is 6.79 Å². The molecule has 1 aliphatic heterocycles. The maximum atomic E-state index is 12.5. The first kappa shape index (κ1) is 27.5. The first-order valence-corrected chi connectivity index (χ1v) is 12.2. The third kappa shape index (κ3) is 5.98. The van der Waals surface area contributed by atoms with E-state index in [1.165, 1.54) is 4.90 Å². The van der Waals surface area contributed by atoms with Crippen LogP contribution in [0.25, 0.3) is 0 Å². The second-order valence-corrected chi connectivity index (χ2v) is 10.7. The third-order valence-corrected chi connectivity index (χ3v) is 6.46. The van der Waals surface area contributed by atoms with Gasteiger partial charge in [0.15, 0.2) is 6.79 Å². The molecule has 36 heavy (non-hydrogen) atoms. The van der Waals surface area contributed by atoms with Crippen molar-refractivity contribution in [3.05, 3.63) is 40.5 Å². The number of carbonyl (C=O) groups is 1. The molecule has 0 aromatic heterocycles. The van der Waals surface area contributed by atoms with Gasteiger partial charge in [-0.05, 0) is 90.1 Å². The van der Waals surface area contributed by atoms with Crippen LogP contribution in [-0.2, 0) is 15.9 Å². The molecule has 8 heteroatoms. The molecule has 2 aromatic carbocycles. The van der Waals surface area contributed by atoms with Gasteiger partial charge < -0.3 is 29.4 Å². The lowest BCUT2D eigenvalue weighted by molar-refractivity contribution is 0.0160. The average Bonchev–Trinajstić information content (AvgIpc) is 2.80. The smallest absolute Gasteiger partial charge is 0.414 e. The lowest BCUT2D eigenvalue weighted by atomic mass is 9.87. The number of hydrogen-bond acceptors (Lipinski definition) is 7. The highest BCUT2D eigenvalue weighted by Crippen LogP contribution is 2.44. The van der Waals surface area contributed by atoms with E-state index < -0.39 is 17.3 Å². The molecule has 1 amide bonds. The van der Waals surface area contributed by atoms with E-state index >= 15 is 0 Å². The molecule has 8 nitrogen and oxygen atoms in total. The molecule has 0 bridgehead atoms. The van der Waals surface area contributed by atoms with E-state index in [1.807, 2.05) is 27.7 Å². The zero-order valence-electron chi connectivity index (χ0n) is 23.0. The minimum absolute atomic E-state index is 0.207. The minimum atomic E-state index is -0.608. The number of methoxy groups -OCH3 is 1. The van der Waals surface area contributed by atoms with E-state index in [0.29, 0.717) is 23.7 Å². The fourth-order valence-corrected chi connectivity index (χ4v) is 4.29. The van der Waals surface area contributed by atoms with Gasteiger partial charge in [0.05, 0.1) is 11.4 Å². The average molecular weight is 501 g/mol. The lowest BCUT2D eigenvalue weighted by Gasteiger charge is -2.38. The Morgan fingerprint density at radius 1 is 1.14 bits per heavy atom. The van der Waals surface area contributed by atoms with Gasteiger partial charge in [0, 0.05) is 25.8 Å². The van der Waals surface area contributed by atoms with Crippen molar-refractivity contribution in [2.24, 2.45) is 0 Å². The zero-order chi connectivity index (χ0) is 26.8. The molecule has 2 N–H and O–H groups in total. The van der Waals surface area contributed by atoms with Crippen molar-refractivity contribution in [1.82, 2.24) is 0 Å². The van der Waals surface area contributed by atoms with Gasteiger partial charge in [0.25, 0.3) is 0 Å². The van der Waals surface area contributed by atoms with Crippen molar-refractivity contribution < 1.29 is 28.5 Å². The summed E-state index contributed by atoms with van der Waals surface area (Å²) in [5, 5.41) is 0. The Morgan fingerprint density at radius 3 is 2.47 bits per heavy atom. The number of anilines is 2. The molecule has 3 rings (SSSR count). The van der Waals surface area contributed by atoms with Crippen molar-refractivity contribution in [1.29, 1.82) is 0 Å². The molecule has 0 aliphatic carbocycles. The molecule has 0 radical (unpaired) electrons. The molecule has 2 aromatic rings. The second kappa shape index (κ2) is 10.5. The first-order valence-electron chi connectivity index (χ1n) is 12.2. The zero-order valence-corrected chi connectivity index (χ0v) is 23.0. The number of nitrogens with two attached hydrogens (primary N) is 1. The van der Waals surface area contributed by atoms with Crippen LogP contribution in [0.3, 0.4) is 0 Å². The van der Waals surface area contributed by atoms with Crippen LogP contribution < -0.4 is 24.8 Å². The summed E-state index contributed by atoms with van der Waals surface area (Å²) in [5.74, 6) is 2.35. The van der Waals surface area contributed by atoms with Gasteiger partial charge >= 0.3 is 6.09 Å². The highest BCUT2D eigenvalue weighted by molar-refractivity contribution is 5.91. The standard InChI is InChI=1S/C28H40N2O6/c1-17-18(2)25-21(19(3)24(17)34-16-32-9)12-13-28(7,35-25)15-33-20-10-11-22(29)23(14-20)30(8)26(31)36-27(4,5)6/h10-11,14H,12-13,15-16,29H2,1-9H3. The summed E-state index contributed by atoms with van der Waals surface area (Å²) in [6.45, 7) is 14.2. The highest BCUT2D eigenvalue weighted by Gasteiger charge is 2.36. The van der Waals surface area contributed by atoms with Gasteiger partial charge in [-0.1, -0.05) is 0 Å². The van der Waals surface area contributed by atoms with Gasteiger partial charge in [-0.3, -0.25) is 4.90 Å². The van der Waals surface area contributed by atoms with Gasteiger partial charge in [-0.15, -0.1) is 0 Å². The molecular weight excluding hydrogens is 460 g/mol. The van der Waals surface area contributed by atoms with Crippen LogP contribution in [0.15, 0.2) is 18.2 Å². The molecule has 198 valence electrons. The number of rotatable bonds is 7. The number of benzene rings is 2. The maximum absolute atomic E-state index is 12.5. The molecule has 1 atom stereocenters. The van der Waals surface area contributed by atoms with E-state index in [2.05, 4.69) is 20.8 Å². The number of amides is 1. The Balaban J connectivity index is 1.77. The predicted molar refractivity (Wildman–Crippen MR) is 141 cm³/mol. The van der Waals surface area contributed by atoms with Crippen LogP contribution in [0.5, 0.6) is 17.2 Å². The topological polar surface area (TPSA) is 92.5 Å². The van der Waals surface area contributed by atoms with Crippen LogP contribution in [0, 0.1) is 20.8 Å². The highest BCUT2D eigenvalue weighted by atomic mass is 16.7. The summed E-state index contributed by atoms with van der Waals surface area (Å²) in [6, 6.07) is 5.27. The number of fused-ring (bicyclic) bond motifs is 1. The van der Waals surface area contributed by atoms with Crippen LogP contribution in [0.1, 0.15) is 56.4 Å². The number of hydrogen-bond donors (Lipinski definition) is 1. The molecule has 0 saturated carbocycles. The Kier molecular flexibility index (Phi) is 7.98. The van der Waals surface area contributed by atoms with Gasteiger partial charge in [-0.25, -0.2) is 4.79 Å². The third-order valence-electron chi connectivity index (χ3n) is 6.46. The number of nitrogen functional groups attached to an aromatic ring is 1. The van der Waals surface area contributed by atoms with E-state index in [0.717, 1.165) is 46.6 Å². The summed E-state index contributed by atoms with van der Waals surface area (Å²) in [4.78, 5) is 13.9. The Labute approximate surface area is 214 Å². The fourth-order valence-electron chi connectivity index (χ4n) is 4.29. The van der Waals surface area contributed by atoms with E-state index in [9.17, 15) is 4.79 Å². The molecule has 1 unspecified atom stereocenters. The van der Waals surface area contributed by atoms with Gasteiger partial charge in [0.1, 0.15) is 35.1 Å². The quantitative estimate of drug-likeness (QED) is 0.384. The van der Waals surface area contributed by atoms with E-state index in [4.69, 9.17) is 29.4 Å². The van der Waals surface area contributed by atoms with Crippen LogP contribution in [-0.4, -0.2) is 44.9 Å².